The van der Waals surface area contributed by atoms with Crippen LogP contribution in [0.4, 0.5) is 0 Å². The predicted molar refractivity (Wildman–Crippen MR) is 46.4 cm³/mol. The van der Waals surface area contributed by atoms with Crippen molar-refractivity contribution in [3.8, 4) is 0 Å². The molecule has 3 heterocycles. The quantitative estimate of drug-likeness (QED) is 0.562. The standard InChI is InChI=1S/C9H14N2O/c10-9(12)5-8-6-11-3-1-7(8)2-4-11/h5,7H,1-4,6H2,(H2,10,12)/b8-5+. The van der Waals surface area contributed by atoms with Gasteiger partial charge in [0.2, 0.25) is 5.91 Å². The number of hydrogen-bond donors (Lipinski definition) is 1. The fourth-order valence-electron chi connectivity index (χ4n) is 2.20. The molecule has 12 heavy (non-hydrogen) atoms. The van der Waals surface area contributed by atoms with Gasteiger partial charge in [-0.1, -0.05) is 0 Å². The van der Waals surface area contributed by atoms with Gasteiger partial charge in [0.25, 0.3) is 0 Å². The third-order valence-electron chi connectivity index (χ3n) is 2.85. The summed E-state index contributed by atoms with van der Waals surface area (Å²) in [5.74, 6) is 0.348. The third-order valence-corrected chi connectivity index (χ3v) is 2.85. The first-order chi connectivity index (χ1) is 5.75. The number of carbonyl (C=O) groups excluding carboxylic acids is 1. The molecule has 2 bridgehead atoms. The summed E-state index contributed by atoms with van der Waals surface area (Å²) in [6, 6.07) is 0. The maximum Gasteiger partial charge on any atom is 0.241 e. The van der Waals surface area contributed by atoms with Crippen LogP contribution in [0.1, 0.15) is 12.8 Å². The summed E-state index contributed by atoms with van der Waals surface area (Å²) in [7, 11) is 0. The van der Waals surface area contributed by atoms with Crippen molar-refractivity contribution in [1.29, 1.82) is 0 Å². The van der Waals surface area contributed by atoms with Crippen molar-refractivity contribution in [2.75, 3.05) is 19.6 Å². The molecule has 1 amide bonds. The number of amides is 1. The Hall–Kier alpha value is -0.830. The summed E-state index contributed by atoms with van der Waals surface area (Å²) < 4.78 is 0. The number of rotatable bonds is 1. The summed E-state index contributed by atoms with van der Waals surface area (Å²) in [6.45, 7) is 3.36. The van der Waals surface area contributed by atoms with Gasteiger partial charge in [0.1, 0.15) is 0 Å². The lowest BCUT2D eigenvalue weighted by Gasteiger charge is -2.40. The Morgan fingerprint density at radius 2 is 2.17 bits per heavy atom. The monoisotopic (exact) mass is 166 g/mol. The molecule has 3 rings (SSSR count). The highest BCUT2D eigenvalue weighted by molar-refractivity contribution is 5.86. The van der Waals surface area contributed by atoms with Gasteiger partial charge in [-0.05, 0) is 37.4 Å². The second-order valence-corrected chi connectivity index (χ2v) is 3.67. The number of primary amides is 1. The first-order valence-electron chi connectivity index (χ1n) is 4.48. The molecule has 3 fully saturated rings. The van der Waals surface area contributed by atoms with E-state index >= 15 is 0 Å². The van der Waals surface area contributed by atoms with Crippen LogP contribution in [0.5, 0.6) is 0 Å². The molecular formula is C9H14N2O. The average Bonchev–Trinajstić information content (AvgIpc) is 2.05. The maximum absolute atomic E-state index is 10.7. The minimum absolute atomic E-state index is 0.293. The predicted octanol–water partition coefficient (Wildman–Crippen LogP) is 0.124. The van der Waals surface area contributed by atoms with E-state index in [9.17, 15) is 4.79 Å². The van der Waals surface area contributed by atoms with Crippen LogP contribution in [-0.2, 0) is 4.79 Å². The molecule has 0 radical (unpaired) electrons. The van der Waals surface area contributed by atoms with Crippen molar-refractivity contribution < 1.29 is 4.79 Å². The summed E-state index contributed by atoms with van der Waals surface area (Å²) in [5.41, 5.74) is 6.37. The van der Waals surface area contributed by atoms with Crippen LogP contribution in [-0.4, -0.2) is 30.4 Å². The van der Waals surface area contributed by atoms with Crippen LogP contribution in [0.2, 0.25) is 0 Å². The first kappa shape index (κ1) is 7.80. The molecule has 0 aromatic carbocycles. The molecule has 0 aromatic rings. The number of fused-ring (bicyclic) bond motifs is 3. The second kappa shape index (κ2) is 2.90. The van der Waals surface area contributed by atoms with E-state index in [4.69, 9.17) is 5.73 Å². The Kier molecular flexibility index (Phi) is 1.89. The van der Waals surface area contributed by atoms with Gasteiger partial charge in [0.05, 0.1) is 0 Å². The van der Waals surface area contributed by atoms with E-state index < -0.39 is 0 Å². The fourth-order valence-corrected chi connectivity index (χ4v) is 2.20. The van der Waals surface area contributed by atoms with Crippen LogP contribution in [0, 0.1) is 5.92 Å². The van der Waals surface area contributed by atoms with E-state index in [0.717, 1.165) is 6.54 Å². The molecular weight excluding hydrogens is 152 g/mol. The van der Waals surface area contributed by atoms with Gasteiger partial charge in [0.15, 0.2) is 0 Å². The Morgan fingerprint density at radius 1 is 1.50 bits per heavy atom. The van der Waals surface area contributed by atoms with E-state index in [2.05, 4.69) is 4.90 Å². The van der Waals surface area contributed by atoms with Gasteiger partial charge in [-0.3, -0.25) is 9.69 Å². The number of carbonyl (C=O) groups is 1. The van der Waals surface area contributed by atoms with Gasteiger partial charge >= 0.3 is 0 Å². The number of nitrogens with two attached hydrogens (primary N) is 1. The van der Waals surface area contributed by atoms with Crippen molar-refractivity contribution in [3.05, 3.63) is 11.6 Å². The van der Waals surface area contributed by atoms with E-state index in [0.29, 0.717) is 5.92 Å². The zero-order valence-electron chi connectivity index (χ0n) is 7.12. The summed E-state index contributed by atoms with van der Waals surface area (Å²) in [6.07, 6.45) is 4.04. The SMILES string of the molecule is NC(=O)/C=C1\CN2CCC1CC2. The lowest BCUT2D eigenvalue weighted by molar-refractivity contribution is -0.113. The van der Waals surface area contributed by atoms with Crippen LogP contribution >= 0.6 is 0 Å². The maximum atomic E-state index is 10.7. The number of nitrogens with zero attached hydrogens (tertiary/aromatic N) is 1. The Labute approximate surface area is 72.2 Å². The molecule has 3 saturated heterocycles. The number of piperidine rings is 3. The van der Waals surface area contributed by atoms with E-state index in [1.807, 2.05) is 0 Å². The lowest BCUT2D eigenvalue weighted by atomic mass is 9.83. The van der Waals surface area contributed by atoms with Crippen LogP contribution < -0.4 is 5.73 Å². The second-order valence-electron chi connectivity index (χ2n) is 3.67. The molecule has 3 nitrogen and oxygen atoms in total. The minimum atomic E-state index is -0.293. The van der Waals surface area contributed by atoms with Crippen LogP contribution in [0.15, 0.2) is 11.6 Å². The third kappa shape index (κ3) is 1.37. The molecule has 3 aliphatic rings. The van der Waals surface area contributed by atoms with Crippen LogP contribution in [0.25, 0.3) is 0 Å². The molecule has 3 aliphatic heterocycles. The molecule has 0 spiro atoms. The van der Waals surface area contributed by atoms with E-state index in [1.54, 1.807) is 6.08 Å². The van der Waals surface area contributed by atoms with Crippen molar-refractivity contribution in [2.45, 2.75) is 12.8 Å². The van der Waals surface area contributed by atoms with Gasteiger partial charge in [-0.15, -0.1) is 0 Å². The Morgan fingerprint density at radius 3 is 2.58 bits per heavy atom. The van der Waals surface area contributed by atoms with Gasteiger partial charge in [-0.2, -0.15) is 0 Å². The molecule has 2 N–H and O–H groups in total. The zero-order chi connectivity index (χ0) is 8.55. The highest BCUT2D eigenvalue weighted by atomic mass is 16.1. The normalized spacial score (nSPS) is 37.2. The van der Waals surface area contributed by atoms with Crippen LogP contribution in [0.3, 0.4) is 0 Å². The minimum Gasteiger partial charge on any atom is -0.366 e. The molecule has 0 unspecified atom stereocenters. The smallest absolute Gasteiger partial charge is 0.241 e. The van der Waals surface area contributed by atoms with Crippen molar-refractivity contribution >= 4 is 5.91 Å². The van der Waals surface area contributed by atoms with Gasteiger partial charge in [-0.25, -0.2) is 0 Å². The highest BCUT2D eigenvalue weighted by Crippen LogP contribution is 2.31. The highest BCUT2D eigenvalue weighted by Gasteiger charge is 2.29. The lowest BCUT2D eigenvalue weighted by Crippen LogP contribution is -2.43. The molecule has 0 aromatic heterocycles. The van der Waals surface area contributed by atoms with Crippen molar-refractivity contribution in [1.82, 2.24) is 4.90 Å². The van der Waals surface area contributed by atoms with Crippen molar-refractivity contribution in [3.63, 3.8) is 0 Å². The Bertz CT molecular complexity index is 227. The number of hydrogen-bond acceptors (Lipinski definition) is 2. The summed E-state index contributed by atoms with van der Waals surface area (Å²) in [4.78, 5) is 13.1. The first-order valence-corrected chi connectivity index (χ1v) is 4.48. The molecule has 0 atom stereocenters. The molecule has 66 valence electrons. The van der Waals surface area contributed by atoms with Crippen molar-refractivity contribution in [2.24, 2.45) is 11.7 Å². The molecule has 0 aliphatic carbocycles. The Balaban J connectivity index is 2.13. The molecule has 0 saturated carbocycles. The topological polar surface area (TPSA) is 46.3 Å². The fraction of sp³-hybridized carbons (Fsp3) is 0.667. The van der Waals surface area contributed by atoms with Gasteiger partial charge < -0.3 is 5.73 Å². The summed E-state index contributed by atoms with van der Waals surface area (Å²) >= 11 is 0. The summed E-state index contributed by atoms with van der Waals surface area (Å²) in [5, 5.41) is 0. The van der Waals surface area contributed by atoms with E-state index in [-0.39, 0.29) is 5.91 Å². The molecule has 3 heteroatoms. The van der Waals surface area contributed by atoms with E-state index in [1.165, 1.54) is 31.5 Å². The largest absolute Gasteiger partial charge is 0.366 e. The zero-order valence-corrected chi connectivity index (χ0v) is 7.12. The van der Waals surface area contributed by atoms with Gasteiger partial charge in [0, 0.05) is 12.6 Å². The average molecular weight is 166 g/mol.